The summed E-state index contributed by atoms with van der Waals surface area (Å²) < 4.78 is 6.50. The van der Waals surface area contributed by atoms with Crippen LogP contribution in [0.4, 0.5) is 11.6 Å². The molecular weight excluding hydrogens is 372 g/mol. The second-order valence-corrected chi connectivity index (χ2v) is 6.59. The summed E-state index contributed by atoms with van der Waals surface area (Å²) in [4.78, 5) is 12.1. The van der Waals surface area contributed by atoms with E-state index >= 15 is 0 Å². The molecule has 1 atom stereocenters. The first-order valence-electron chi connectivity index (χ1n) is 7.92. The fourth-order valence-corrected chi connectivity index (χ4v) is 2.98. The largest absolute Gasteiger partial charge is 0.376 e. The van der Waals surface area contributed by atoms with Crippen molar-refractivity contribution in [3.63, 3.8) is 0 Å². The van der Waals surface area contributed by atoms with Crippen LogP contribution in [0.2, 0.25) is 0 Å². The maximum absolute atomic E-state index is 12.1. The van der Waals surface area contributed by atoms with Crippen LogP contribution < -0.4 is 10.6 Å². The summed E-state index contributed by atoms with van der Waals surface area (Å²) in [6, 6.07) is 11.2. The molecule has 0 radical (unpaired) electrons. The quantitative estimate of drug-likeness (QED) is 0.792. The molecule has 7 heteroatoms. The minimum atomic E-state index is -0.123. The van der Waals surface area contributed by atoms with E-state index in [9.17, 15) is 4.79 Å². The Labute approximate surface area is 149 Å². The van der Waals surface area contributed by atoms with Crippen molar-refractivity contribution < 1.29 is 9.53 Å². The van der Waals surface area contributed by atoms with E-state index in [0.29, 0.717) is 18.1 Å². The molecule has 0 bridgehead atoms. The average molecular weight is 391 g/mol. The van der Waals surface area contributed by atoms with Gasteiger partial charge in [0.2, 0.25) is 5.91 Å². The van der Waals surface area contributed by atoms with E-state index < -0.39 is 0 Å². The molecule has 2 heterocycles. The lowest BCUT2D eigenvalue weighted by Crippen LogP contribution is -2.19. The van der Waals surface area contributed by atoms with Gasteiger partial charge in [-0.2, -0.15) is 0 Å². The lowest BCUT2D eigenvalue weighted by Gasteiger charge is -2.11. The zero-order valence-electron chi connectivity index (χ0n) is 13.2. The third-order valence-corrected chi connectivity index (χ3v) is 4.21. The van der Waals surface area contributed by atoms with E-state index in [4.69, 9.17) is 4.74 Å². The summed E-state index contributed by atoms with van der Waals surface area (Å²) in [5, 5.41) is 14.1. The number of anilines is 2. The van der Waals surface area contributed by atoms with Crippen LogP contribution in [0, 0.1) is 0 Å². The molecule has 1 aromatic carbocycles. The number of rotatable bonds is 6. The monoisotopic (exact) mass is 390 g/mol. The molecule has 1 unspecified atom stereocenters. The number of benzene rings is 1. The molecular formula is C17H19BrN4O2. The first-order valence-corrected chi connectivity index (χ1v) is 8.72. The number of hydrogen-bond donors (Lipinski definition) is 2. The van der Waals surface area contributed by atoms with Crippen LogP contribution in [-0.4, -0.2) is 35.4 Å². The van der Waals surface area contributed by atoms with Crippen LogP contribution >= 0.6 is 15.9 Å². The lowest BCUT2D eigenvalue weighted by atomic mass is 10.1. The molecule has 1 fully saturated rings. The topological polar surface area (TPSA) is 76.1 Å². The van der Waals surface area contributed by atoms with Crippen LogP contribution in [-0.2, 0) is 16.0 Å². The molecule has 24 heavy (non-hydrogen) atoms. The van der Waals surface area contributed by atoms with Crippen LogP contribution in [0.15, 0.2) is 40.9 Å². The van der Waals surface area contributed by atoms with Gasteiger partial charge in [-0.05, 0) is 42.7 Å². The van der Waals surface area contributed by atoms with Gasteiger partial charge in [0.1, 0.15) is 5.82 Å². The smallest absolute Gasteiger partial charge is 0.229 e. The van der Waals surface area contributed by atoms with Crippen LogP contribution in [0.3, 0.4) is 0 Å². The Hall–Kier alpha value is -1.99. The molecule has 126 valence electrons. The molecule has 0 spiro atoms. The molecule has 0 saturated carbocycles. The summed E-state index contributed by atoms with van der Waals surface area (Å²) in [5.41, 5.74) is 0.935. The van der Waals surface area contributed by atoms with Crippen molar-refractivity contribution in [2.24, 2.45) is 0 Å². The molecule has 0 aliphatic carbocycles. The second kappa shape index (κ2) is 8.21. The molecule has 1 aliphatic rings. The van der Waals surface area contributed by atoms with E-state index in [1.54, 1.807) is 12.1 Å². The van der Waals surface area contributed by atoms with Crippen molar-refractivity contribution >= 4 is 33.5 Å². The first-order chi connectivity index (χ1) is 11.7. The number of carbonyl (C=O) groups excluding carboxylic acids is 1. The molecule has 1 aromatic heterocycles. The van der Waals surface area contributed by atoms with E-state index in [1.165, 1.54) is 0 Å². The first kappa shape index (κ1) is 16.9. The molecule has 1 amide bonds. The number of halogens is 1. The average Bonchev–Trinajstić information content (AvgIpc) is 3.07. The number of hydrogen-bond acceptors (Lipinski definition) is 5. The lowest BCUT2D eigenvalue weighted by molar-refractivity contribution is -0.115. The summed E-state index contributed by atoms with van der Waals surface area (Å²) >= 11 is 3.40. The van der Waals surface area contributed by atoms with Gasteiger partial charge < -0.3 is 15.4 Å². The third kappa shape index (κ3) is 5.01. The summed E-state index contributed by atoms with van der Waals surface area (Å²) in [5.74, 6) is 0.996. The number of nitrogens with one attached hydrogen (secondary N) is 2. The Kier molecular flexibility index (Phi) is 5.77. The number of nitrogens with zero attached hydrogens (tertiary/aromatic N) is 2. The van der Waals surface area contributed by atoms with Gasteiger partial charge in [-0.1, -0.05) is 28.1 Å². The van der Waals surface area contributed by atoms with Gasteiger partial charge in [0, 0.05) is 17.6 Å². The van der Waals surface area contributed by atoms with Gasteiger partial charge in [-0.3, -0.25) is 4.79 Å². The molecule has 1 aliphatic heterocycles. The number of amides is 1. The fraction of sp³-hybridized carbons (Fsp3) is 0.353. The van der Waals surface area contributed by atoms with Gasteiger partial charge in [-0.25, -0.2) is 0 Å². The Balaban J connectivity index is 1.49. The predicted octanol–water partition coefficient (Wildman–Crippen LogP) is 3.01. The Morgan fingerprint density at radius 1 is 1.25 bits per heavy atom. The van der Waals surface area contributed by atoms with Gasteiger partial charge in [-0.15, -0.1) is 10.2 Å². The highest BCUT2D eigenvalue weighted by atomic mass is 79.9. The number of carbonyl (C=O) groups is 1. The normalized spacial score (nSPS) is 16.8. The summed E-state index contributed by atoms with van der Waals surface area (Å²) in [6.45, 7) is 1.56. The molecule has 6 nitrogen and oxygen atoms in total. The van der Waals surface area contributed by atoms with Gasteiger partial charge >= 0.3 is 0 Å². The standard InChI is InChI=1S/C17H19BrN4O2/c18-13-4-1-3-12(9-13)10-17(23)20-16-7-6-15(21-22-16)19-11-14-5-2-8-24-14/h1,3-4,6-7,9,14H,2,5,8,10-11H2,(H,19,21)(H,20,22,23). The summed E-state index contributed by atoms with van der Waals surface area (Å²) in [7, 11) is 0. The van der Waals surface area contributed by atoms with Crippen LogP contribution in [0.1, 0.15) is 18.4 Å². The van der Waals surface area contributed by atoms with Crippen molar-refractivity contribution in [3.05, 3.63) is 46.4 Å². The van der Waals surface area contributed by atoms with E-state index in [0.717, 1.165) is 36.0 Å². The SMILES string of the molecule is O=C(Cc1cccc(Br)c1)Nc1ccc(NCC2CCCO2)nn1. The van der Waals surface area contributed by atoms with E-state index in [-0.39, 0.29) is 12.0 Å². The Bertz CT molecular complexity index is 687. The minimum absolute atomic E-state index is 0.123. The van der Waals surface area contributed by atoms with E-state index in [1.807, 2.05) is 24.3 Å². The zero-order chi connectivity index (χ0) is 16.8. The molecule has 1 saturated heterocycles. The molecule has 2 aromatic rings. The fourth-order valence-electron chi connectivity index (χ4n) is 2.54. The van der Waals surface area contributed by atoms with Crippen LogP contribution in [0.5, 0.6) is 0 Å². The maximum atomic E-state index is 12.1. The highest BCUT2D eigenvalue weighted by Gasteiger charge is 2.15. The van der Waals surface area contributed by atoms with Gasteiger partial charge in [0.05, 0.1) is 12.5 Å². The van der Waals surface area contributed by atoms with Crippen molar-refractivity contribution in [3.8, 4) is 0 Å². The molecule has 2 N–H and O–H groups in total. The minimum Gasteiger partial charge on any atom is -0.376 e. The van der Waals surface area contributed by atoms with Crippen molar-refractivity contribution in [1.29, 1.82) is 0 Å². The highest BCUT2D eigenvalue weighted by Crippen LogP contribution is 2.14. The van der Waals surface area contributed by atoms with E-state index in [2.05, 4.69) is 36.8 Å². The Morgan fingerprint density at radius 2 is 2.08 bits per heavy atom. The van der Waals surface area contributed by atoms with Gasteiger partial charge in [0.15, 0.2) is 5.82 Å². The van der Waals surface area contributed by atoms with Crippen LogP contribution in [0.25, 0.3) is 0 Å². The summed E-state index contributed by atoms with van der Waals surface area (Å²) in [6.07, 6.45) is 2.72. The highest BCUT2D eigenvalue weighted by molar-refractivity contribution is 9.10. The van der Waals surface area contributed by atoms with Gasteiger partial charge in [0.25, 0.3) is 0 Å². The van der Waals surface area contributed by atoms with Crippen molar-refractivity contribution in [1.82, 2.24) is 10.2 Å². The maximum Gasteiger partial charge on any atom is 0.229 e. The van der Waals surface area contributed by atoms with Crippen molar-refractivity contribution in [2.75, 3.05) is 23.8 Å². The molecule has 3 rings (SSSR count). The van der Waals surface area contributed by atoms with Crippen molar-refractivity contribution in [2.45, 2.75) is 25.4 Å². The zero-order valence-corrected chi connectivity index (χ0v) is 14.8. The second-order valence-electron chi connectivity index (χ2n) is 5.67. The number of aromatic nitrogens is 2. The Morgan fingerprint density at radius 3 is 2.79 bits per heavy atom. The number of ether oxygens (including phenoxy) is 1. The predicted molar refractivity (Wildman–Crippen MR) is 96.0 cm³/mol. The third-order valence-electron chi connectivity index (χ3n) is 3.72.